The maximum absolute atomic E-state index is 12.9. The van der Waals surface area contributed by atoms with Gasteiger partial charge in [-0.1, -0.05) is 30.3 Å². The number of benzene rings is 2. The van der Waals surface area contributed by atoms with Gasteiger partial charge in [-0.05, 0) is 42.2 Å². The van der Waals surface area contributed by atoms with Gasteiger partial charge in [-0.2, -0.15) is 13.2 Å². The van der Waals surface area contributed by atoms with E-state index in [4.69, 9.17) is 0 Å². The molecule has 0 saturated heterocycles. The lowest BCUT2D eigenvalue weighted by Crippen LogP contribution is -2.25. The van der Waals surface area contributed by atoms with Crippen LogP contribution in [0.1, 0.15) is 39.9 Å². The predicted octanol–water partition coefficient (Wildman–Crippen LogP) is 4.23. The lowest BCUT2D eigenvalue weighted by Gasteiger charge is -2.23. The summed E-state index contributed by atoms with van der Waals surface area (Å²) in [6.07, 6.45) is -2.19. The molecule has 1 aliphatic rings. The van der Waals surface area contributed by atoms with Crippen LogP contribution in [0.2, 0.25) is 0 Å². The number of alkyl halides is 3. The quantitative estimate of drug-likeness (QED) is 0.834. The lowest BCUT2D eigenvalue weighted by atomic mass is 10.1. The van der Waals surface area contributed by atoms with Gasteiger partial charge in [0, 0.05) is 31.7 Å². The van der Waals surface area contributed by atoms with Crippen LogP contribution in [0.15, 0.2) is 48.5 Å². The average molecular weight is 362 g/mol. The molecule has 1 amide bonds. The maximum Gasteiger partial charge on any atom is 0.416 e. The summed E-state index contributed by atoms with van der Waals surface area (Å²) < 4.78 is 38.7. The normalized spacial score (nSPS) is 14.5. The second kappa shape index (κ2) is 7.50. The van der Waals surface area contributed by atoms with Crippen LogP contribution in [0.25, 0.3) is 0 Å². The van der Waals surface area contributed by atoms with Gasteiger partial charge in [-0.3, -0.25) is 9.69 Å². The molecule has 1 N–H and O–H groups in total. The minimum absolute atomic E-state index is 0.139. The van der Waals surface area contributed by atoms with Crippen molar-refractivity contribution in [2.75, 3.05) is 7.05 Å². The van der Waals surface area contributed by atoms with Gasteiger partial charge in [0.2, 0.25) is 0 Å². The lowest BCUT2D eigenvalue weighted by molar-refractivity contribution is -0.137. The molecule has 6 heteroatoms. The second-order valence-corrected chi connectivity index (χ2v) is 6.61. The van der Waals surface area contributed by atoms with Crippen molar-refractivity contribution >= 4 is 5.91 Å². The zero-order valence-corrected chi connectivity index (χ0v) is 14.5. The Morgan fingerprint density at radius 3 is 2.31 bits per heavy atom. The first-order chi connectivity index (χ1) is 12.4. The smallest absolute Gasteiger partial charge is 0.355 e. The molecule has 3 rings (SSSR count). The van der Waals surface area contributed by atoms with E-state index >= 15 is 0 Å². The summed E-state index contributed by atoms with van der Waals surface area (Å²) in [5.74, 6) is -0.139. The Kier molecular flexibility index (Phi) is 5.32. The number of amides is 1. The number of nitrogens with one attached hydrogen (secondary N) is 1. The van der Waals surface area contributed by atoms with Crippen molar-refractivity contribution in [1.29, 1.82) is 0 Å². The highest BCUT2D eigenvalue weighted by Gasteiger charge is 2.32. The van der Waals surface area contributed by atoms with Crippen molar-refractivity contribution in [3.63, 3.8) is 0 Å². The zero-order valence-electron chi connectivity index (χ0n) is 14.5. The molecule has 0 unspecified atom stereocenters. The van der Waals surface area contributed by atoms with Crippen LogP contribution in [0.4, 0.5) is 13.2 Å². The number of rotatable bonds is 6. The molecular formula is C20H21F3N2O. The largest absolute Gasteiger partial charge is 0.416 e. The number of hydrogen-bond acceptors (Lipinski definition) is 2. The predicted molar refractivity (Wildman–Crippen MR) is 93.5 cm³/mol. The molecule has 0 aliphatic heterocycles. The molecule has 0 spiro atoms. The van der Waals surface area contributed by atoms with Crippen molar-refractivity contribution in [3.05, 3.63) is 70.8 Å². The molecule has 3 nitrogen and oxygen atoms in total. The summed E-state index contributed by atoms with van der Waals surface area (Å²) in [6.45, 7) is 1.13. The fourth-order valence-electron chi connectivity index (χ4n) is 2.97. The van der Waals surface area contributed by atoms with Gasteiger partial charge in [-0.25, -0.2) is 0 Å². The van der Waals surface area contributed by atoms with E-state index in [-0.39, 0.29) is 5.91 Å². The van der Waals surface area contributed by atoms with Gasteiger partial charge in [0.25, 0.3) is 5.91 Å². The van der Waals surface area contributed by atoms with E-state index in [1.165, 1.54) is 12.1 Å². The highest BCUT2D eigenvalue weighted by Crippen LogP contribution is 2.32. The van der Waals surface area contributed by atoms with E-state index in [9.17, 15) is 18.0 Å². The highest BCUT2D eigenvalue weighted by atomic mass is 19.4. The molecule has 0 atom stereocenters. The van der Waals surface area contributed by atoms with E-state index in [1.807, 2.05) is 12.1 Å². The van der Waals surface area contributed by atoms with Crippen molar-refractivity contribution < 1.29 is 18.0 Å². The molecule has 138 valence electrons. The monoisotopic (exact) mass is 362 g/mol. The standard InChI is InChI=1S/C20H21F3N2O/c1-24-19(26)16-7-5-14(6-8-16)12-25(18-9-10-18)13-15-3-2-4-17(11-15)20(21,22)23/h2-8,11,18H,9-10,12-13H2,1H3,(H,24,26). The number of hydrogen-bond donors (Lipinski definition) is 1. The van der Waals surface area contributed by atoms with E-state index < -0.39 is 11.7 Å². The summed E-state index contributed by atoms with van der Waals surface area (Å²) in [5.41, 5.74) is 1.68. The maximum atomic E-state index is 12.9. The van der Waals surface area contributed by atoms with Gasteiger partial charge in [-0.15, -0.1) is 0 Å². The molecular weight excluding hydrogens is 341 g/mol. The Morgan fingerprint density at radius 2 is 1.73 bits per heavy atom. The van der Waals surface area contributed by atoms with E-state index in [0.29, 0.717) is 30.3 Å². The van der Waals surface area contributed by atoms with Crippen LogP contribution in [0.5, 0.6) is 0 Å². The van der Waals surface area contributed by atoms with Crippen molar-refractivity contribution in [2.24, 2.45) is 0 Å². The molecule has 1 aliphatic carbocycles. The van der Waals surface area contributed by atoms with Crippen molar-refractivity contribution in [3.8, 4) is 0 Å². The van der Waals surface area contributed by atoms with Crippen LogP contribution in [-0.2, 0) is 19.3 Å². The van der Waals surface area contributed by atoms with Crippen molar-refractivity contribution in [1.82, 2.24) is 10.2 Å². The van der Waals surface area contributed by atoms with Gasteiger partial charge >= 0.3 is 6.18 Å². The minimum atomic E-state index is -4.32. The zero-order chi connectivity index (χ0) is 18.7. The fourth-order valence-corrected chi connectivity index (χ4v) is 2.97. The van der Waals surface area contributed by atoms with Gasteiger partial charge < -0.3 is 5.32 Å². The summed E-state index contributed by atoms with van der Waals surface area (Å²) in [7, 11) is 1.58. The van der Waals surface area contributed by atoms with Crippen LogP contribution in [0, 0.1) is 0 Å². The first-order valence-electron chi connectivity index (χ1n) is 8.58. The van der Waals surface area contributed by atoms with Crippen LogP contribution in [-0.4, -0.2) is 23.9 Å². The van der Waals surface area contributed by atoms with Crippen LogP contribution >= 0.6 is 0 Å². The Hall–Kier alpha value is -2.34. The van der Waals surface area contributed by atoms with E-state index in [2.05, 4.69) is 10.2 Å². The summed E-state index contributed by atoms with van der Waals surface area (Å²) >= 11 is 0. The van der Waals surface area contributed by atoms with Crippen LogP contribution < -0.4 is 5.32 Å². The first-order valence-corrected chi connectivity index (χ1v) is 8.58. The van der Waals surface area contributed by atoms with Gasteiger partial charge in [0.05, 0.1) is 5.56 Å². The highest BCUT2D eigenvalue weighted by molar-refractivity contribution is 5.93. The molecule has 26 heavy (non-hydrogen) atoms. The Labute approximate surface area is 150 Å². The molecule has 0 aromatic heterocycles. The third-order valence-electron chi connectivity index (χ3n) is 4.53. The molecule has 1 fully saturated rings. The van der Waals surface area contributed by atoms with Gasteiger partial charge in [0.1, 0.15) is 0 Å². The summed E-state index contributed by atoms with van der Waals surface area (Å²) in [5, 5.41) is 2.58. The molecule has 2 aromatic rings. The average Bonchev–Trinajstić information content (AvgIpc) is 3.46. The van der Waals surface area contributed by atoms with Crippen LogP contribution in [0.3, 0.4) is 0 Å². The summed E-state index contributed by atoms with van der Waals surface area (Å²) in [4.78, 5) is 13.8. The second-order valence-electron chi connectivity index (χ2n) is 6.61. The number of halogens is 3. The first kappa shape index (κ1) is 18.5. The molecule has 2 aromatic carbocycles. The third kappa shape index (κ3) is 4.64. The third-order valence-corrected chi connectivity index (χ3v) is 4.53. The Balaban J connectivity index is 1.71. The Bertz CT molecular complexity index is 767. The molecule has 0 radical (unpaired) electrons. The molecule has 0 bridgehead atoms. The van der Waals surface area contributed by atoms with E-state index in [1.54, 1.807) is 25.2 Å². The van der Waals surface area contributed by atoms with Gasteiger partial charge in [0.15, 0.2) is 0 Å². The van der Waals surface area contributed by atoms with E-state index in [0.717, 1.165) is 24.5 Å². The SMILES string of the molecule is CNC(=O)c1ccc(CN(Cc2cccc(C(F)(F)F)c2)C2CC2)cc1. The number of nitrogens with zero attached hydrogens (tertiary/aromatic N) is 1. The topological polar surface area (TPSA) is 32.3 Å². The minimum Gasteiger partial charge on any atom is -0.355 e. The molecule has 0 heterocycles. The number of carbonyl (C=O) groups is 1. The van der Waals surface area contributed by atoms with Crippen molar-refractivity contribution in [2.45, 2.75) is 38.1 Å². The Morgan fingerprint density at radius 1 is 1.08 bits per heavy atom. The summed E-state index contributed by atoms with van der Waals surface area (Å²) in [6, 6.07) is 13.3. The fraction of sp³-hybridized carbons (Fsp3) is 0.350. The number of carbonyl (C=O) groups excluding carboxylic acids is 1. The molecule has 1 saturated carbocycles.